The molecular weight excluding hydrogens is 268 g/mol. The number of benzene rings is 1. The molecule has 0 amide bonds. The summed E-state index contributed by atoms with van der Waals surface area (Å²) in [6, 6.07) is 9.14. The molecule has 0 saturated heterocycles. The maximum atomic E-state index is 4.87. The van der Waals surface area contributed by atoms with Gasteiger partial charge < -0.3 is 0 Å². The van der Waals surface area contributed by atoms with Crippen molar-refractivity contribution in [2.24, 2.45) is 5.92 Å². The van der Waals surface area contributed by atoms with Crippen molar-refractivity contribution in [2.75, 3.05) is 0 Å². The van der Waals surface area contributed by atoms with Crippen LogP contribution in [0.25, 0.3) is 0 Å². The van der Waals surface area contributed by atoms with E-state index in [2.05, 4.69) is 38.1 Å². The minimum Gasteiger partial charge on any atom is -0.257 e. The van der Waals surface area contributed by atoms with Gasteiger partial charge in [0, 0.05) is 29.1 Å². The molecule has 2 heteroatoms. The minimum absolute atomic E-state index is 0.148. The zero-order chi connectivity index (χ0) is 14.9. The Morgan fingerprint density at radius 3 is 2.45 bits per heavy atom. The third-order valence-corrected chi connectivity index (χ3v) is 6.51. The molecule has 0 spiro atoms. The average molecular weight is 290 g/mol. The molecule has 0 bridgehead atoms. The van der Waals surface area contributed by atoms with Crippen LogP contribution in [0.5, 0.6) is 0 Å². The molecule has 4 atom stereocenters. The van der Waals surface area contributed by atoms with Crippen LogP contribution in [0.1, 0.15) is 68.0 Å². The average Bonchev–Trinajstić information content (AvgIpc) is 3.06. The second kappa shape index (κ2) is 3.98. The van der Waals surface area contributed by atoms with Gasteiger partial charge in [-0.15, -0.1) is 0 Å². The van der Waals surface area contributed by atoms with Crippen LogP contribution in [0.2, 0.25) is 0 Å². The van der Waals surface area contributed by atoms with Gasteiger partial charge in [0.05, 0.1) is 11.4 Å². The van der Waals surface area contributed by atoms with E-state index in [4.69, 9.17) is 9.97 Å². The molecule has 1 saturated carbocycles. The summed E-state index contributed by atoms with van der Waals surface area (Å²) < 4.78 is 0. The van der Waals surface area contributed by atoms with Crippen LogP contribution in [0.15, 0.2) is 36.7 Å². The van der Waals surface area contributed by atoms with Gasteiger partial charge in [-0.3, -0.25) is 9.97 Å². The highest BCUT2D eigenvalue weighted by Crippen LogP contribution is 2.84. The molecule has 112 valence electrons. The van der Waals surface area contributed by atoms with Gasteiger partial charge in [0.25, 0.3) is 0 Å². The summed E-state index contributed by atoms with van der Waals surface area (Å²) in [6.07, 6.45) is 8.70. The van der Waals surface area contributed by atoms with E-state index in [0.717, 1.165) is 5.92 Å². The smallest absolute Gasteiger partial charge is 0.0733 e. The quantitative estimate of drug-likeness (QED) is 0.837. The number of nitrogens with zero attached hydrogens (tertiary/aromatic N) is 2. The topological polar surface area (TPSA) is 25.8 Å². The molecule has 1 fully saturated rings. The van der Waals surface area contributed by atoms with E-state index in [1.165, 1.54) is 37.1 Å². The van der Waals surface area contributed by atoms with Crippen molar-refractivity contribution >= 4 is 0 Å². The van der Waals surface area contributed by atoms with Gasteiger partial charge >= 0.3 is 0 Å². The lowest BCUT2D eigenvalue weighted by atomic mass is 9.73. The van der Waals surface area contributed by atoms with E-state index in [9.17, 15) is 0 Å². The highest BCUT2D eigenvalue weighted by atomic mass is 15.0. The fourth-order valence-corrected chi connectivity index (χ4v) is 6.18. The molecule has 2 nitrogen and oxygen atoms in total. The van der Waals surface area contributed by atoms with E-state index in [0.29, 0.717) is 11.3 Å². The van der Waals surface area contributed by atoms with E-state index >= 15 is 0 Å². The molecule has 2 aromatic rings. The summed E-state index contributed by atoms with van der Waals surface area (Å²) in [6.45, 7) is 4.62. The third-order valence-electron chi connectivity index (χ3n) is 6.51. The van der Waals surface area contributed by atoms with Crippen LogP contribution in [0.3, 0.4) is 0 Å². The predicted molar refractivity (Wildman–Crippen MR) is 87.0 cm³/mol. The highest BCUT2D eigenvalue weighted by Gasteiger charge is 2.82. The summed E-state index contributed by atoms with van der Waals surface area (Å²) in [5.41, 5.74) is 6.22. The standard InChI is InChI=1S/C20H22N2/c1-3-9-19-14-8-6-5-7-13(14)15-16(19)20(15,10-4-2)18-17(19)21-11-12-22-18/h5-8,11-12,15-16H,3-4,9-10H2,1-2H3. The van der Waals surface area contributed by atoms with Gasteiger partial charge in [-0.2, -0.15) is 0 Å². The molecule has 0 radical (unpaired) electrons. The monoisotopic (exact) mass is 290 g/mol. The van der Waals surface area contributed by atoms with Crippen LogP contribution < -0.4 is 0 Å². The van der Waals surface area contributed by atoms with Crippen LogP contribution in [0, 0.1) is 5.92 Å². The molecule has 0 N–H and O–H groups in total. The lowest BCUT2D eigenvalue weighted by Crippen LogP contribution is -2.28. The second-order valence-corrected chi connectivity index (χ2v) is 7.31. The van der Waals surface area contributed by atoms with Crippen molar-refractivity contribution in [2.45, 2.75) is 56.3 Å². The van der Waals surface area contributed by atoms with Crippen molar-refractivity contribution in [3.05, 3.63) is 59.2 Å². The zero-order valence-corrected chi connectivity index (χ0v) is 13.3. The molecule has 5 rings (SSSR count). The minimum atomic E-state index is 0.148. The Bertz CT molecular complexity index is 768. The van der Waals surface area contributed by atoms with E-state index in [1.54, 1.807) is 11.1 Å². The Hall–Kier alpha value is -1.70. The first kappa shape index (κ1) is 12.8. The number of hydrogen-bond acceptors (Lipinski definition) is 2. The molecule has 1 heterocycles. The Morgan fingerprint density at radius 2 is 1.68 bits per heavy atom. The lowest BCUT2D eigenvalue weighted by Gasteiger charge is -2.29. The normalized spacial score (nSPS) is 35.9. The summed E-state index contributed by atoms with van der Waals surface area (Å²) in [5, 5.41) is 0. The molecular formula is C20H22N2. The summed E-state index contributed by atoms with van der Waals surface area (Å²) in [4.78, 5) is 9.73. The lowest BCUT2D eigenvalue weighted by molar-refractivity contribution is 0.399. The van der Waals surface area contributed by atoms with E-state index in [1.807, 2.05) is 12.4 Å². The molecule has 22 heavy (non-hydrogen) atoms. The van der Waals surface area contributed by atoms with Gasteiger partial charge in [-0.05, 0) is 29.9 Å². The highest BCUT2D eigenvalue weighted by molar-refractivity contribution is 5.68. The Labute approximate surface area is 132 Å². The van der Waals surface area contributed by atoms with Crippen LogP contribution in [-0.4, -0.2) is 9.97 Å². The third kappa shape index (κ3) is 1.11. The largest absolute Gasteiger partial charge is 0.257 e. The van der Waals surface area contributed by atoms with Gasteiger partial charge in [0.15, 0.2) is 0 Å². The van der Waals surface area contributed by atoms with Crippen molar-refractivity contribution in [3.8, 4) is 0 Å². The van der Waals surface area contributed by atoms with Gasteiger partial charge in [-0.1, -0.05) is 51.0 Å². The second-order valence-electron chi connectivity index (χ2n) is 7.31. The van der Waals surface area contributed by atoms with Gasteiger partial charge in [-0.25, -0.2) is 0 Å². The molecule has 3 aliphatic rings. The van der Waals surface area contributed by atoms with Crippen LogP contribution in [0.4, 0.5) is 0 Å². The fourth-order valence-electron chi connectivity index (χ4n) is 6.18. The maximum Gasteiger partial charge on any atom is 0.0733 e. The van der Waals surface area contributed by atoms with Crippen LogP contribution >= 0.6 is 0 Å². The summed E-state index contributed by atoms with van der Waals surface area (Å²) in [7, 11) is 0. The van der Waals surface area contributed by atoms with Crippen molar-refractivity contribution in [1.82, 2.24) is 9.97 Å². The van der Waals surface area contributed by atoms with Crippen molar-refractivity contribution in [3.63, 3.8) is 0 Å². The fraction of sp³-hybridized carbons (Fsp3) is 0.500. The first-order chi connectivity index (χ1) is 10.8. The van der Waals surface area contributed by atoms with Crippen molar-refractivity contribution < 1.29 is 0 Å². The number of hydrogen-bond donors (Lipinski definition) is 0. The molecule has 3 aliphatic carbocycles. The van der Waals surface area contributed by atoms with Gasteiger partial charge in [0.2, 0.25) is 0 Å². The SMILES string of the molecule is CCCC12c3ccccc3C3C1C3(CCC)c1nccnc12. The summed E-state index contributed by atoms with van der Waals surface area (Å²) in [5.74, 6) is 1.41. The predicted octanol–water partition coefficient (Wildman–Crippen LogP) is 4.34. The molecule has 0 aliphatic heterocycles. The summed E-state index contributed by atoms with van der Waals surface area (Å²) >= 11 is 0. The molecule has 1 aromatic heterocycles. The Kier molecular flexibility index (Phi) is 2.32. The Morgan fingerprint density at radius 1 is 0.955 bits per heavy atom. The molecule has 1 aromatic carbocycles. The Balaban J connectivity index is 1.85. The number of rotatable bonds is 4. The van der Waals surface area contributed by atoms with E-state index < -0.39 is 0 Å². The number of aromatic nitrogens is 2. The number of fused-ring (bicyclic) bond motifs is 7. The first-order valence-electron chi connectivity index (χ1n) is 8.73. The van der Waals surface area contributed by atoms with Gasteiger partial charge in [0.1, 0.15) is 0 Å². The first-order valence-corrected chi connectivity index (χ1v) is 8.73. The zero-order valence-electron chi connectivity index (χ0n) is 13.3. The van der Waals surface area contributed by atoms with Crippen molar-refractivity contribution in [1.29, 1.82) is 0 Å². The van der Waals surface area contributed by atoms with Crippen LogP contribution in [-0.2, 0) is 10.8 Å². The van der Waals surface area contributed by atoms with E-state index in [-0.39, 0.29) is 5.41 Å². The maximum absolute atomic E-state index is 4.87. The molecule has 4 unspecified atom stereocenters.